The molecule has 3 rings (SSSR count). The van der Waals surface area contributed by atoms with Crippen molar-refractivity contribution in [2.24, 2.45) is 0 Å². The summed E-state index contributed by atoms with van der Waals surface area (Å²) in [7, 11) is 0. The summed E-state index contributed by atoms with van der Waals surface area (Å²) in [5, 5.41) is 12.9. The van der Waals surface area contributed by atoms with E-state index in [1.54, 1.807) is 6.08 Å². The lowest BCUT2D eigenvalue weighted by Crippen LogP contribution is -2.22. The molecule has 1 aromatic heterocycles. The number of amides is 1. The maximum atomic E-state index is 12.1. The second kappa shape index (κ2) is 9.05. The number of nitriles is 1. The molecule has 134 valence electrons. The number of carbonyl (C=O) groups excluding carboxylic acids is 1. The van der Waals surface area contributed by atoms with E-state index in [0.29, 0.717) is 19.5 Å². The fourth-order valence-electron chi connectivity index (χ4n) is 3.47. The molecule has 1 heterocycles. The van der Waals surface area contributed by atoms with Gasteiger partial charge in [0.15, 0.2) is 0 Å². The fraction of sp³-hybridized carbons (Fsp3) is 0.364. The minimum atomic E-state index is -0.0599. The number of para-hydroxylation sites is 1. The second-order valence-electron chi connectivity index (χ2n) is 6.69. The van der Waals surface area contributed by atoms with Gasteiger partial charge in [0.25, 0.3) is 0 Å². The van der Waals surface area contributed by atoms with Crippen LogP contribution in [-0.4, -0.2) is 17.0 Å². The van der Waals surface area contributed by atoms with Crippen LogP contribution in [0.3, 0.4) is 0 Å². The van der Waals surface area contributed by atoms with Crippen LogP contribution in [0.4, 0.5) is 0 Å². The Morgan fingerprint density at radius 2 is 2.19 bits per heavy atom. The van der Waals surface area contributed by atoms with Gasteiger partial charge in [0, 0.05) is 41.8 Å². The van der Waals surface area contributed by atoms with Gasteiger partial charge in [-0.05, 0) is 44.2 Å². The number of carbonyl (C=O) groups is 1. The number of aryl methyl sites for hydroxylation is 1. The SMILES string of the molecule is N#CCCn1cc(/C=C/C(=O)NCCC2=CCCCC2)c2ccccc21. The molecule has 1 amide bonds. The number of hydrogen-bond acceptors (Lipinski definition) is 2. The van der Waals surface area contributed by atoms with E-state index in [4.69, 9.17) is 5.26 Å². The van der Waals surface area contributed by atoms with Gasteiger partial charge >= 0.3 is 0 Å². The molecular formula is C22H25N3O. The van der Waals surface area contributed by atoms with E-state index in [-0.39, 0.29) is 5.91 Å². The summed E-state index contributed by atoms with van der Waals surface area (Å²) in [6.07, 6.45) is 14.1. The van der Waals surface area contributed by atoms with Gasteiger partial charge in [0.2, 0.25) is 5.91 Å². The zero-order valence-electron chi connectivity index (χ0n) is 15.1. The van der Waals surface area contributed by atoms with Gasteiger partial charge in [-0.15, -0.1) is 0 Å². The van der Waals surface area contributed by atoms with Crippen LogP contribution in [0.15, 0.2) is 48.2 Å². The number of aromatic nitrogens is 1. The highest BCUT2D eigenvalue weighted by molar-refractivity contribution is 5.96. The molecule has 1 aliphatic rings. The molecule has 0 aliphatic heterocycles. The molecule has 0 saturated carbocycles. The number of hydrogen-bond donors (Lipinski definition) is 1. The van der Waals surface area contributed by atoms with E-state index >= 15 is 0 Å². The summed E-state index contributed by atoms with van der Waals surface area (Å²) in [5.41, 5.74) is 3.57. The van der Waals surface area contributed by atoms with Crippen molar-refractivity contribution in [1.29, 1.82) is 5.26 Å². The Morgan fingerprint density at radius 1 is 1.31 bits per heavy atom. The molecule has 0 bridgehead atoms. The highest BCUT2D eigenvalue weighted by atomic mass is 16.1. The van der Waals surface area contributed by atoms with Gasteiger partial charge in [-0.3, -0.25) is 4.79 Å². The Labute approximate surface area is 154 Å². The van der Waals surface area contributed by atoms with Crippen LogP contribution in [0.5, 0.6) is 0 Å². The summed E-state index contributed by atoms with van der Waals surface area (Å²) < 4.78 is 2.08. The zero-order chi connectivity index (χ0) is 18.2. The number of rotatable bonds is 7. The van der Waals surface area contributed by atoms with E-state index in [1.807, 2.05) is 36.5 Å². The first-order valence-corrected chi connectivity index (χ1v) is 9.36. The predicted molar refractivity (Wildman–Crippen MR) is 105 cm³/mol. The molecule has 4 nitrogen and oxygen atoms in total. The smallest absolute Gasteiger partial charge is 0.244 e. The minimum Gasteiger partial charge on any atom is -0.352 e. The topological polar surface area (TPSA) is 57.8 Å². The van der Waals surface area contributed by atoms with Gasteiger partial charge in [-0.2, -0.15) is 5.26 Å². The Hall–Kier alpha value is -2.80. The van der Waals surface area contributed by atoms with Crippen LogP contribution in [0.2, 0.25) is 0 Å². The van der Waals surface area contributed by atoms with Gasteiger partial charge in [0.05, 0.1) is 12.5 Å². The molecule has 0 fully saturated rings. The fourth-order valence-corrected chi connectivity index (χ4v) is 3.47. The number of allylic oxidation sites excluding steroid dienone is 1. The average Bonchev–Trinajstić information content (AvgIpc) is 3.03. The van der Waals surface area contributed by atoms with Gasteiger partial charge < -0.3 is 9.88 Å². The number of nitrogens with zero attached hydrogens (tertiary/aromatic N) is 2. The molecule has 26 heavy (non-hydrogen) atoms. The predicted octanol–water partition coefficient (Wildman–Crippen LogP) is 4.57. The standard InChI is InChI=1S/C22H25N3O/c23-14-6-16-25-17-19(20-9-4-5-10-21(20)25)11-12-22(26)24-15-13-18-7-2-1-3-8-18/h4-5,7,9-12,17H,1-3,6,8,13,15-16H2,(H,24,26)/b12-11+. The van der Waals surface area contributed by atoms with Crippen molar-refractivity contribution in [3.63, 3.8) is 0 Å². The van der Waals surface area contributed by atoms with E-state index in [9.17, 15) is 4.79 Å². The van der Waals surface area contributed by atoms with Crippen molar-refractivity contribution in [2.45, 2.75) is 45.1 Å². The molecular weight excluding hydrogens is 322 g/mol. The summed E-state index contributed by atoms with van der Waals surface area (Å²) in [6, 6.07) is 10.3. The van der Waals surface area contributed by atoms with Gasteiger partial charge in [0.1, 0.15) is 0 Å². The Balaban J connectivity index is 1.61. The lowest BCUT2D eigenvalue weighted by Gasteiger charge is -2.12. The molecule has 0 spiro atoms. The molecule has 1 aliphatic carbocycles. The van der Waals surface area contributed by atoms with Gasteiger partial charge in [-0.25, -0.2) is 0 Å². The number of fused-ring (bicyclic) bond motifs is 1. The van der Waals surface area contributed by atoms with Crippen molar-refractivity contribution in [3.8, 4) is 6.07 Å². The monoisotopic (exact) mass is 347 g/mol. The van der Waals surface area contributed by atoms with E-state index in [0.717, 1.165) is 22.9 Å². The maximum absolute atomic E-state index is 12.1. The highest BCUT2D eigenvalue weighted by Gasteiger charge is 2.07. The first-order chi connectivity index (χ1) is 12.8. The molecule has 2 aromatic rings. The third kappa shape index (κ3) is 4.64. The highest BCUT2D eigenvalue weighted by Crippen LogP contribution is 2.23. The molecule has 1 aromatic carbocycles. The normalized spacial score (nSPS) is 14.3. The minimum absolute atomic E-state index is 0.0599. The average molecular weight is 347 g/mol. The van der Waals surface area contributed by atoms with Crippen LogP contribution in [-0.2, 0) is 11.3 Å². The number of nitrogens with one attached hydrogen (secondary N) is 1. The molecule has 4 heteroatoms. The summed E-state index contributed by atoms with van der Waals surface area (Å²) in [6.45, 7) is 1.35. The quantitative estimate of drug-likeness (QED) is 0.589. The van der Waals surface area contributed by atoms with Crippen LogP contribution in [0.25, 0.3) is 17.0 Å². The lowest BCUT2D eigenvalue weighted by atomic mass is 9.97. The van der Waals surface area contributed by atoms with Crippen LogP contribution in [0, 0.1) is 11.3 Å². The van der Waals surface area contributed by atoms with Crippen LogP contribution in [0.1, 0.15) is 44.1 Å². The Kier molecular flexibility index (Phi) is 6.27. The largest absolute Gasteiger partial charge is 0.352 e. The van der Waals surface area contributed by atoms with E-state index in [1.165, 1.54) is 31.3 Å². The summed E-state index contributed by atoms with van der Waals surface area (Å²) in [4.78, 5) is 12.1. The van der Waals surface area contributed by atoms with E-state index in [2.05, 4.69) is 22.0 Å². The second-order valence-corrected chi connectivity index (χ2v) is 6.69. The molecule has 0 saturated heterocycles. The van der Waals surface area contributed by atoms with Crippen molar-refractivity contribution in [1.82, 2.24) is 9.88 Å². The first kappa shape index (κ1) is 18.0. The molecule has 0 atom stereocenters. The Morgan fingerprint density at radius 3 is 3.00 bits per heavy atom. The third-order valence-electron chi connectivity index (χ3n) is 4.83. The van der Waals surface area contributed by atoms with Gasteiger partial charge in [-0.1, -0.05) is 29.8 Å². The molecule has 1 N–H and O–H groups in total. The maximum Gasteiger partial charge on any atom is 0.244 e. The summed E-state index contributed by atoms with van der Waals surface area (Å²) >= 11 is 0. The third-order valence-corrected chi connectivity index (χ3v) is 4.83. The summed E-state index contributed by atoms with van der Waals surface area (Å²) in [5.74, 6) is -0.0599. The Bertz CT molecular complexity index is 867. The van der Waals surface area contributed by atoms with Crippen molar-refractivity contribution < 1.29 is 4.79 Å². The van der Waals surface area contributed by atoms with Crippen LogP contribution >= 0.6 is 0 Å². The van der Waals surface area contributed by atoms with Crippen molar-refractivity contribution >= 4 is 22.9 Å². The first-order valence-electron chi connectivity index (χ1n) is 9.36. The van der Waals surface area contributed by atoms with Crippen molar-refractivity contribution in [2.75, 3.05) is 6.54 Å². The van der Waals surface area contributed by atoms with E-state index < -0.39 is 0 Å². The van der Waals surface area contributed by atoms with Crippen molar-refractivity contribution in [3.05, 3.63) is 53.8 Å². The lowest BCUT2D eigenvalue weighted by molar-refractivity contribution is -0.116. The van der Waals surface area contributed by atoms with Crippen LogP contribution < -0.4 is 5.32 Å². The molecule has 0 unspecified atom stereocenters. The molecule has 0 radical (unpaired) electrons. The zero-order valence-corrected chi connectivity index (χ0v) is 15.1. The number of benzene rings is 1.